The molecule has 1 heteroatoms. The minimum atomic E-state index is -0.318. The maximum Gasteiger partial charge on any atom is 0.0577 e. The van der Waals surface area contributed by atoms with E-state index in [0.29, 0.717) is 0 Å². The molecule has 0 fully saturated rings. The predicted molar refractivity (Wildman–Crippen MR) is 97.3 cm³/mol. The third-order valence-electron chi connectivity index (χ3n) is 2.91. The normalized spacial score (nSPS) is 12.6. The molecule has 0 aromatic carbocycles. The molecule has 0 aromatic rings. The molecule has 0 spiro atoms. The van der Waals surface area contributed by atoms with Crippen LogP contribution >= 0.6 is 0 Å². The summed E-state index contributed by atoms with van der Waals surface area (Å²) in [5.74, 6) is 0.159. The SMILES string of the molecule is C=CC(=C)CCC=C(C)C.C=CC=CCC(C=C)C(C)O. The number of aliphatic hydroxyl groups excluding tert-OH is 1. The standard InChI is InChI=1S/C10H16O.C10H16/c1-4-6-7-8-10(5-2)9(3)11;1-5-10(4)8-6-7-9(2)3/h4-7,9-11H,1-2,8H2,3H3;5,7H,1,4,6,8H2,2-3H3. The number of hydrogen-bond acceptors (Lipinski definition) is 1. The van der Waals surface area contributed by atoms with E-state index in [1.165, 1.54) is 5.57 Å². The number of hydrogen-bond donors (Lipinski definition) is 1. The number of allylic oxidation sites excluding steroid dienone is 7. The van der Waals surface area contributed by atoms with Crippen LogP contribution in [0.25, 0.3) is 0 Å². The number of rotatable bonds is 9. The Balaban J connectivity index is 0. The Morgan fingerprint density at radius 1 is 1.19 bits per heavy atom. The smallest absolute Gasteiger partial charge is 0.0577 e. The quantitative estimate of drug-likeness (QED) is 0.421. The molecule has 0 aromatic heterocycles. The van der Waals surface area contributed by atoms with Gasteiger partial charge in [0.2, 0.25) is 0 Å². The van der Waals surface area contributed by atoms with E-state index < -0.39 is 0 Å². The Morgan fingerprint density at radius 2 is 1.81 bits per heavy atom. The molecule has 0 aliphatic heterocycles. The van der Waals surface area contributed by atoms with Crippen LogP contribution in [-0.2, 0) is 0 Å². The van der Waals surface area contributed by atoms with Crippen LogP contribution in [0.3, 0.4) is 0 Å². The summed E-state index contributed by atoms with van der Waals surface area (Å²) in [7, 11) is 0. The van der Waals surface area contributed by atoms with Crippen molar-refractivity contribution in [1.82, 2.24) is 0 Å². The van der Waals surface area contributed by atoms with Crippen molar-refractivity contribution >= 4 is 0 Å². The van der Waals surface area contributed by atoms with Crippen LogP contribution in [0.1, 0.15) is 40.0 Å². The Hall–Kier alpha value is -1.60. The maximum absolute atomic E-state index is 9.18. The summed E-state index contributed by atoms with van der Waals surface area (Å²) in [6.45, 7) is 20.6. The molecule has 0 saturated heterocycles. The highest BCUT2D eigenvalue weighted by Gasteiger charge is 2.07. The van der Waals surface area contributed by atoms with E-state index >= 15 is 0 Å². The van der Waals surface area contributed by atoms with Crippen molar-refractivity contribution in [2.24, 2.45) is 5.92 Å². The van der Waals surface area contributed by atoms with Gasteiger partial charge in [0.15, 0.2) is 0 Å². The van der Waals surface area contributed by atoms with Crippen molar-refractivity contribution in [3.63, 3.8) is 0 Å². The minimum Gasteiger partial charge on any atom is -0.393 e. The molecule has 0 aliphatic carbocycles. The van der Waals surface area contributed by atoms with Crippen LogP contribution in [0.15, 0.2) is 73.9 Å². The van der Waals surface area contributed by atoms with Gasteiger partial charge in [0.05, 0.1) is 6.10 Å². The Morgan fingerprint density at radius 3 is 2.19 bits per heavy atom. The fourth-order valence-corrected chi connectivity index (χ4v) is 1.47. The topological polar surface area (TPSA) is 20.2 Å². The summed E-state index contributed by atoms with van der Waals surface area (Å²) in [6.07, 6.45) is 14.0. The van der Waals surface area contributed by atoms with Crippen molar-refractivity contribution in [3.05, 3.63) is 73.9 Å². The molecule has 0 bridgehead atoms. The van der Waals surface area contributed by atoms with E-state index in [9.17, 15) is 5.11 Å². The molecule has 21 heavy (non-hydrogen) atoms. The van der Waals surface area contributed by atoms with Gasteiger partial charge in [-0.2, -0.15) is 0 Å². The zero-order valence-corrected chi connectivity index (χ0v) is 14.0. The van der Waals surface area contributed by atoms with Crippen molar-refractivity contribution in [3.8, 4) is 0 Å². The molecule has 0 aliphatic rings. The molecule has 0 heterocycles. The highest BCUT2D eigenvalue weighted by molar-refractivity contribution is 5.11. The predicted octanol–water partition coefficient (Wildman–Crippen LogP) is 5.78. The molecular weight excluding hydrogens is 256 g/mol. The first-order valence-electron chi connectivity index (χ1n) is 7.40. The summed E-state index contributed by atoms with van der Waals surface area (Å²) in [4.78, 5) is 0. The van der Waals surface area contributed by atoms with E-state index in [1.807, 2.05) is 18.2 Å². The number of aliphatic hydroxyl groups is 1. The molecular formula is C20H32O. The monoisotopic (exact) mass is 288 g/mol. The van der Waals surface area contributed by atoms with Crippen LogP contribution in [0.2, 0.25) is 0 Å². The third kappa shape index (κ3) is 16.3. The Bertz CT molecular complexity index is 365. The molecule has 118 valence electrons. The molecule has 0 rings (SSSR count). The van der Waals surface area contributed by atoms with Gasteiger partial charge in [-0.1, -0.05) is 67.3 Å². The first kappa shape index (κ1) is 21.7. The van der Waals surface area contributed by atoms with Gasteiger partial charge in [-0.05, 0) is 40.0 Å². The van der Waals surface area contributed by atoms with Gasteiger partial charge >= 0.3 is 0 Å². The largest absolute Gasteiger partial charge is 0.393 e. The fraction of sp³-hybridized carbons (Fsp3) is 0.400. The van der Waals surface area contributed by atoms with Gasteiger partial charge in [-0.25, -0.2) is 0 Å². The molecule has 0 saturated carbocycles. The van der Waals surface area contributed by atoms with Crippen LogP contribution in [0.4, 0.5) is 0 Å². The second-order valence-corrected chi connectivity index (χ2v) is 5.22. The van der Waals surface area contributed by atoms with Gasteiger partial charge in [-0.3, -0.25) is 0 Å². The van der Waals surface area contributed by atoms with E-state index in [1.54, 1.807) is 19.1 Å². The van der Waals surface area contributed by atoms with E-state index in [-0.39, 0.29) is 12.0 Å². The Labute approximate surface area is 131 Å². The van der Waals surface area contributed by atoms with Crippen LogP contribution in [0, 0.1) is 5.92 Å². The third-order valence-corrected chi connectivity index (χ3v) is 2.91. The molecule has 1 nitrogen and oxygen atoms in total. The van der Waals surface area contributed by atoms with Gasteiger partial charge in [0.1, 0.15) is 0 Å². The highest BCUT2D eigenvalue weighted by Crippen LogP contribution is 2.10. The van der Waals surface area contributed by atoms with E-state index in [4.69, 9.17) is 0 Å². The molecule has 2 atom stereocenters. The maximum atomic E-state index is 9.18. The van der Waals surface area contributed by atoms with Gasteiger partial charge in [0.25, 0.3) is 0 Å². The summed E-state index contributed by atoms with van der Waals surface area (Å²) in [6, 6.07) is 0. The van der Waals surface area contributed by atoms with Gasteiger partial charge in [-0.15, -0.1) is 6.58 Å². The van der Waals surface area contributed by atoms with Crippen molar-refractivity contribution in [1.29, 1.82) is 0 Å². The second-order valence-electron chi connectivity index (χ2n) is 5.22. The van der Waals surface area contributed by atoms with Crippen LogP contribution in [-0.4, -0.2) is 11.2 Å². The lowest BCUT2D eigenvalue weighted by molar-refractivity contribution is 0.150. The Kier molecular flexibility index (Phi) is 15.3. The summed E-state index contributed by atoms with van der Waals surface area (Å²) < 4.78 is 0. The fourth-order valence-electron chi connectivity index (χ4n) is 1.47. The highest BCUT2D eigenvalue weighted by atomic mass is 16.3. The van der Waals surface area contributed by atoms with Crippen molar-refractivity contribution in [2.45, 2.75) is 46.1 Å². The van der Waals surface area contributed by atoms with Gasteiger partial charge in [0, 0.05) is 5.92 Å². The summed E-state index contributed by atoms with van der Waals surface area (Å²) in [5.41, 5.74) is 2.49. The molecule has 0 amide bonds. The zero-order valence-electron chi connectivity index (χ0n) is 14.0. The summed E-state index contributed by atoms with van der Waals surface area (Å²) in [5, 5.41) is 9.18. The lowest BCUT2D eigenvalue weighted by Crippen LogP contribution is -2.12. The van der Waals surface area contributed by atoms with Crippen molar-refractivity contribution in [2.75, 3.05) is 0 Å². The summed E-state index contributed by atoms with van der Waals surface area (Å²) >= 11 is 0. The van der Waals surface area contributed by atoms with Crippen molar-refractivity contribution < 1.29 is 5.11 Å². The second kappa shape index (κ2) is 14.8. The molecule has 0 radical (unpaired) electrons. The van der Waals surface area contributed by atoms with E-state index in [2.05, 4.69) is 46.2 Å². The van der Waals surface area contributed by atoms with Crippen LogP contribution < -0.4 is 0 Å². The molecule has 2 unspecified atom stereocenters. The minimum absolute atomic E-state index is 0.159. The lowest BCUT2D eigenvalue weighted by Gasteiger charge is -2.12. The van der Waals surface area contributed by atoms with Crippen LogP contribution in [0.5, 0.6) is 0 Å². The first-order chi connectivity index (χ1) is 9.88. The average Bonchev–Trinajstić information content (AvgIpc) is 2.43. The van der Waals surface area contributed by atoms with E-state index in [0.717, 1.165) is 24.8 Å². The first-order valence-corrected chi connectivity index (χ1v) is 7.40. The lowest BCUT2D eigenvalue weighted by atomic mass is 10.00. The average molecular weight is 288 g/mol. The molecule has 1 N–H and O–H groups in total. The van der Waals surface area contributed by atoms with Gasteiger partial charge < -0.3 is 5.11 Å². The zero-order chi connectivity index (χ0) is 16.7.